The third-order valence-electron chi connectivity index (χ3n) is 3.76. The summed E-state index contributed by atoms with van der Waals surface area (Å²) in [7, 11) is 0. The highest BCUT2D eigenvalue weighted by Gasteiger charge is 2.24. The standard InChI is InChI=1S/C16H8N4/c1-3-9-4-2-6-11-13(9)10(5-1)14-15(11)20-16-12(19-14)7-17-8-18-16/h1-8H. The van der Waals surface area contributed by atoms with Crippen LogP contribution in [0.15, 0.2) is 48.9 Å². The van der Waals surface area contributed by atoms with Gasteiger partial charge in [0.2, 0.25) is 0 Å². The second kappa shape index (κ2) is 3.36. The Labute approximate surface area is 114 Å². The molecular weight excluding hydrogens is 248 g/mol. The third-order valence-corrected chi connectivity index (χ3v) is 3.76. The first-order chi connectivity index (χ1) is 9.92. The van der Waals surface area contributed by atoms with E-state index in [1.807, 2.05) is 0 Å². The lowest BCUT2D eigenvalue weighted by Gasteiger charge is -2.01. The topological polar surface area (TPSA) is 51.6 Å². The van der Waals surface area contributed by atoms with Crippen molar-refractivity contribution in [2.45, 2.75) is 0 Å². The van der Waals surface area contributed by atoms with E-state index in [0.717, 1.165) is 28.0 Å². The van der Waals surface area contributed by atoms with E-state index in [1.165, 1.54) is 17.1 Å². The normalized spacial score (nSPS) is 12.0. The lowest BCUT2D eigenvalue weighted by atomic mass is 10.0. The van der Waals surface area contributed by atoms with Gasteiger partial charge in [-0.1, -0.05) is 36.4 Å². The molecule has 0 spiro atoms. The Morgan fingerprint density at radius 2 is 1.55 bits per heavy atom. The summed E-state index contributed by atoms with van der Waals surface area (Å²) >= 11 is 0. The number of hydrogen-bond acceptors (Lipinski definition) is 4. The molecule has 1 aliphatic rings. The van der Waals surface area contributed by atoms with E-state index in [9.17, 15) is 0 Å². The molecule has 0 N–H and O–H groups in total. The monoisotopic (exact) mass is 256 g/mol. The first kappa shape index (κ1) is 9.97. The molecule has 4 aromatic rings. The predicted molar refractivity (Wildman–Crippen MR) is 77.1 cm³/mol. The van der Waals surface area contributed by atoms with Gasteiger partial charge < -0.3 is 0 Å². The largest absolute Gasteiger partial charge is 0.242 e. The molecule has 5 rings (SSSR count). The predicted octanol–water partition coefficient (Wildman–Crippen LogP) is 3.22. The smallest absolute Gasteiger partial charge is 0.181 e. The van der Waals surface area contributed by atoms with Crippen LogP contribution in [0.1, 0.15) is 0 Å². The fourth-order valence-corrected chi connectivity index (χ4v) is 2.92. The number of aromatic nitrogens is 4. The van der Waals surface area contributed by atoms with Crippen molar-refractivity contribution in [3.8, 4) is 22.5 Å². The van der Waals surface area contributed by atoms with Crippen LogP contribution in [0.3, 0.4) is 0 Å². The van der Waals surface area contributed by atoms with Gasteiger partial charge in [0.1, 0.15) is 11.8 Å². The van der Waals surface area contributed by atoms with Gasteiger partial charge in [-0.3, -0.25) is 0 Å². The van der Waals surface area contributed by atoms with Gasteiger partial charge in [0, 0.05) is 16.5 Å². The van der Waals surface area contributed by atoms with Crippen LogP contribution in [0.2, 0.25) is 0 Å². The Balaban J connectivity index is 2.02. The summed E-state index contributed by atoms with van der Waals surface area (Å²) in [6, 6.07) is 12.6. The van der Waals surface area contributed by atoms with Gasteiger partial charge in [0.05, 0.1) is 17.6 Å². The lowest BCUT2D eigenvalue weighted by molar-refractivity contribution is 1.16. The first-order valence-corrected chi connectivity index (χ1v) is 6.42. The van der Waals surface area contributed by atoms with Crippen molar-refractivity contribution in [1.82, 2.24) is 19.9 Å². The summed E-state index contributed by atoms with van der Waals surface area (Å²) in [5.41, 5.74) is 5.51. The minimum atomic E-state index is 0.642. The van der Waals surface area contributed by atoms with E-state index >= 15 is 0 Å². The summed E-state index contributed by atoms with van der Waals surface area (Å²) in [4.78, 5) is 17.6. The second-order valence-corrected chi connectivity index (χ2v) is 4.86. The van der Waals surface area contributed by atoms with Crippen LogP contribution < -0.4 is 0 Å². The first-order valence-electron chi connectivity index (χ1n) is 6.42. The van der Waals surface area contributed by atoms with Crippen molar-refractivity contribution in [2.24, 2.45) is 0 Å². The Bertz CT molecular complexity index is 930. The zero-order valence-electron chi connectivity index (χ0n) is 10.4. The number of benzene rings is 2. The maximum Gasteiger partial charge on any atom is 0.181 e. The molecule has 4 nitrogen and oxygen atoms in total. The Morgan fingerprint density at radius 1 is 0.800 bits per heavy atom. The van der Waals surface area contributed by atoms with Crippen LogP contribution in [-0.2, 0) is 0 Å². The van der Waals surface area contributed by atoms with Gasteiger partial charge in [-0.05, 0) is 5.39 Å². The molecule has 2 aromatic carbocycles. The fraction of sp³-hybridized carbons (Fsp3) is 0. The van der Waals surface area contributed by atoms with E-state index in [2.05, 4.69) is 51.4 Å². The molecule has 0 radical (unpaired) electrons. The van der Waals surface area contributed by atoms with Crippen molar-refractivity contribution in [1.29, 1.82) is 0 Å². The molecule has 0 fully saturated rings. The highest BCUT2D eigenvalue weighted by atomic mass is 15.0. The SMILES string of the molecule is c1cc2c3c(cccc3c1)-c1nc3ncncc3nc1-2. The zero-order chi connectivity index (χ0) is 13.1. The Kier molecular flexibility index (Phi) is 1.68. The van der Waals surface area contributed by atoms with Crippen molar-refractivity contribution >= 4 is 21.9 Å². The van der Waals surface area contributed by atoms with E-state index in [-0.39, 0.29) is 0 Å². The Morgan fingerprint density at radius 3 is 2.35 bits per heavy atom. The highest BCUT2D eigenvalue weighted by Crippen LogP contribution is 2.45. The molecule has 0 aliphatic heterocycles. The summed E-state index contributed by atoms with van der Waals surface area (Å²) in [6.45, 7) is 0. The number of nitrogens with zero attached hydrogens (tertiary/aromatic N) is 4. The lowest BCUT2D eigenvalue weighted by Crippen LogP contribution is -1.93. The quantitative estimate of drug-likeness (QED) is 0.427. The summed E-state index contributed by atoms with van der Waals surface area (Å²) in [6.07, 6.45) is 3.21. The number of hydrogen-bond donors (Lipinski definition) is 0. The van der Waals surface area contributed by atoms with Crippen molar-refractivity contribution < 1.29 is 0 Å². The van der Waals surface area contributed by atoms with Crippen LogP contribution in [0.4, 0.5) is 0 Å². The highest BCUT2D eigenvalue weighted by molar-refractivity contribution is 6.13. The third kappa shape index (κ3) is 1.11. The molecule has 2 aromatic heterocycles. The molecule has 2 heterocycles. The van der Waals surface area contributed by atoms with Crippen molar-refractivity contribution in [3.05, 3.63) is 48.9 Å². The van der Waals surface area contributed by atoms with E-state index in [0.29, 0.717) is 5.65 Å². The van der Waals surface area contributed by atoms with Crippen LogP contribution in [-0.4, -0.2) is 19.9 Å². The molecule has 0 atom stereocenters. The molecule has 92 valence electrons. The summed E-state index contributed by atoms with van der Waals surface area (Å²) in [5.74, 6) is 0. The van der Waals surface area contributed by atoms with Gasteiger partial charge in [-0.25, -0.2) is 19.9 Å². The summed E-state index contributed by atoms with van der Waals surface area (Å²) < 4.78 is 0. The van der Waals surface area contributed by atoms with Crippen LogP contribution in [0.5, 0.6) is 0 Å². The molecule has 0 bridgehead atoms. The number of rotatable bonds is 0. The summed E-state index contributed by atoms with van der Waals surface area (Å²) in [5, 5.41) is 2.45. The zero-order valence-corrected chi connectivity index (χ0v) is 10.4. The maximum absolute atomic E-state index is 4.71. The van der Waals surface area contributed by atoms with E-state index in [4.69, 9.17) is 4.98 Å². The molecule has 20 heavy (non-hydrogen) atoms. The fourth-order valence-electron chi connectivity index (χ4n) is 2.92. The van der Waals surface area contributed by atoms with Gasteiger partial charge in [0.25, 0.3) is 0 Å². The molecule has 0 saturated heterocycles. The number of fused-ring (bicyclic) bond motifs is 4. The van der Waals surface area contributed by atoms with Crippen molar-refractivity contribution in [3.63, 3.8) is 0 Å². The van der Waals surface area contributed by atoms with Crippen LogP contribution in [0, 0.1) is 0 Å². The molecule has 4 heteroatoms. The van der Waals surface area contributed by atoms with Gasteiger partial charge in [0.15, 0.2) is 5.65 Å². The van der Waals surface area contributed by atoms with Crippen LogP contribution in [0.25, 0.3) is 44.5 Å². The Hall–Kier alpha value is -2.88. The van der Waals surface area contributed by atoms with E-state index < -0.39 is 0 Å². The minimum absolute atomic E-state index is 0.642. The second-order valence-electron chi connectivity index (χ2n) is 4.86. The molecule has 0 amide bonds. The molecule has 1 aliphatic carbocycles. The minimum Gasteiger partial charge on any atom is -0.242 e. The van der Waals surface area contributed by atoms with Gasteiger partial charge >= 0.3 is 0 Å². The maximum atomic E-state index is 4.71. The van der Waals surface area contributed by atoms with Crippen molar-refractivity contribution in [2.75, 3.05) is 0 Å². The van der Waals surface area contributed by atoms with Crippen LogP contribution >= 0.6 is 0 Å². The van der Waals surface area contributed by atoms with Gasteiger partial charge in [-0.15, -0.1) is 0 Å². The van der Waals surface area contributed by atoms with Gasteiger partial charge in [-0.2, -0.15) is 0 Å². The van der Waals surface area contributed by atoms with E-state index in [1.54, 1.807) is 6.20 Å². The average Bonchev–Trinajstić information content (AvgIpc) is 2.82. The molecule has 0 saturated carbocycles. The average molecular weight is 256 g/mol. The molecular formula is C16H8N4. The molecule has 0 unspecified atom stereocenters.